The summed E-state index contributed by atoms with van der Waals surface area (Å²) >= 11 is 0. The first-order chi connectivity index (χ1) is 13.7. The second-order valence-corrected chi connectivity index (χ2v) is 6.99. The third-order valence-corrected chi connectivity index (χ3v) is 5.10. The summed E-state index contributed by atoms with van der Waals surface area (Å²) in [5.41, 5.74) is 2.72. The van der Waals surface area contributed by atoms with Crippen LogP contribution in [0.25, 0.3) is 16.6 Å². The topological polar surface area (TPSA) is 88.0 Å². The maximum Gasteiger partial charge on any atom is 0.273 e. The molecule has 0 atom stereocenters. The Morgan fingerprint density at radius 2 is 1.93 bits per heavy atom. The minimum atomic E-state index is -0.183. The van der Waals surface area contributed by atoms with Crippen molar-refractivity contribution >= 4 is 41.6 Å². The molecule has 1 aliphatic rings. The van der Waals surface area contributed by atoms with Crippen LogP contribution in [-0.2, 0) is 0 Å². The third kappa shape index (κ3) is 5.26. The van der Waals surface area contributed by atoms with E-state index in [0.717, 1.165) is 55.7 Å². The molecule has 0 bridgehead atoms. The number of nitrogens with one attached hydrogen (secondary N) is 2. The summed E-state index contributed by atoms with van der Waals surface area (Å²) < 4.78 is 1.69. The van der Waals surface area contributed by atoms with E-state index in [1.165, 1.54) is 0 Å². The molecule has 4 rings (SSSR count). The van der Waals surface area contributed by atoms with Crippen LogP contribution >= 0.6 is 24.8 Å². The molecule has 0 spiro atoms. The van der Waals surface area contributed by atoms with Gasteiger partial charge in [-0.3, -0.25) is 9.78 Å². The standard InChI is InChI=1S/C20H25N7O.2ClH/c1-15-18(20(28)23-9-4-12-26-13-10-21-11-14-26)24-25-27(15)17-7-2-5-16-6-3-8-22-19(16)17;;/h2-3,5-8,21H,4,9-14H2,1H3,(H,23,28);2*1H. The second kappa shape index (κ2) is 11.2. The summed E-state index contributed by atoms with van der Waals surface area (Å²) in [6.45, 7) is 7.70. The molecule has 2 N–H and O–H groups in total. The number of carbonyl (C=O) groups excluding carboxylic acids is 1. The average Bonchev–Trinajstić information content (AvgIpc) is 3.12. The van der Waals surface area contributed by atoms with Gasteiger partial charge in [-0.2, -0.15) is 0 Å². The lowest BCUT2D eigenvalue weighted by atomic mass is 10.2. The highest BCUT2D eigenvalue weighted by molar-refractivity contribution is 5.93. The molecular weight excluding hydrogens is 425 g/mol. The molecule has 162 valence electrons. The highest BCUT2D eigenvalue weighted by atomic mass is 35.5. The summed E-state index contributed by atoms with van der Waals surface area (Å²) in [7, 11) is 0. The SMILES string of the molecule is Cc1c(C(=O)NCCCN2CCNCC2)nnn1-c1cccc2cccnc12.Cl.Cl. The Hall–Kier alpha value is -2.26. The molecule has 1 saturated heterocycles. The number of piperazine rings is 1. The molecule has 0 aliphatic carbocycles. The van der Waals surface area contributed by atoms with Crippen LogP contribution in [0.4, 0.5) is 0 Å². The Bertz CT molecular complexity index is 967. The largest absolute Gasteiger partial charge is 0.351 e. The van der Waals surface area contributed by atoms with E-state index in [2.05, 4.69) is 30.8 Å². The first-order valence-electron chi connectivity index (χ1n) is 9.72. The van der Waals surface area contributed by atoms with Crippen LogP contribution in [0, 0.1) is 6.92 Å². The zero-order valence-electron chi connectivity index (χ0n) is 16.9. The summed E-state index contributed by atoms with van der Waals surface area (Å²) in [5, 5.41) is 15.7. The summed E-state index contributed by atoms with van der Waals surface area (Å²) in [6.07, 6.45) is 2.68. The van der Waals surface area contributed by atoms with Gasteiger partial charge in [0.1, 0.15) is 0 Å². The summed E-state index contributed by atoms with van der Waals surface area (Å²) in [4.78, 5) is 19.4. The van der Waals surface area contributed by atoms with Crippen molar-refractivity contribution in [3.63, 3.8) is 0 Å². The van der Waals surface area contributed by atoms with Gasteiger partial charge >= 0.3 is 0 Å². The molecule has 1 aliphatic heterocycles. The smallest absolute Gasteiger partial charge is 0.273 e. The number of pyridine rings is 1. The van der Waals surface area contributed by atoms with Crippen LogP contribution in [-0.4, -0.2) is 70.1 Å². The van der Waals surface area contributed by atoms with Crippen LogP contribution in [0.2, 0.25) is 0 Å². The Balaban J connectivity index is 0.00000160. The summed E-state index contributed by atoms with van der Waals surface area (Å²) in [6, 6.07) is 9.80. The van der Waals surface area contributed by atoms with Crippen molar-refractivity contribution < 1.29 is 4.79 Å². The van der Waals surface area contributed by atoms with Gasteiger partial charge < -0.3 is 15.5 Å². The highest BCUT2D eigenvalue weighted by Gasteiger charge is 2.18. The van der Waals surface area contributed by atoms with E-state index in [4.69, 9.17) is 0 Å². The average molecular weight is 452 g/mol. The van der Waals surface area contributed by atoms with Crippen molar-refractivity contribution in [2.75, 3.05) is 39.3 Å². The predicted molar refractivity (Wildman–Crippen MR) is 122 cm³/mol. The molecule has 3 aromatic rings. The maximum atomic E-state index is 12.6. The monoisotopic (exact) mass is 451 g/mol. The number of hydrogen-bond acceptors (Lipinski definition) is 6. The van der Waals surface area contributed by atoms with E-state index in [1.807, 2.05) is 37.3 Å². The first-order valence-corrected chi connectivity index (χ1v) is 9.72. The van der Waals surface area contributed by atoms with Crippen LogP contribution in [0.5, 0.6) is 0 Å². The van der Waals surface area contributed by atoms with Crippen LogP contribution in [0.15, 0.2) is 36.5 Å². The molecule has 3 heterocycles. The molecule has 30 heavy (non-hydrogen) atoms. The van der Waals surface area contributed by atoms with Gasteiger partial charge in [0.15, 0.2) is 5.69 Å². The van der Waals surface area contributed by atoms with Crippen molar-refractivity contribution in [1.82, 2.24) is 35.5 Å². The van der Waals surface area contributed by atoms with Crippen molar-refractivity contribution in [3.05, 3.63) is 47.9 Å². The molecule has 0 unspecified atom stereocenters. The molecule has 1 amide bonds. The molecule has 10 heteroatoms. The van der Waals surface area contributed by atoms with Gasteiger partial charge in [-0.25, -0.2) is 4.68 Å². The number of benzene rings is 1. The molecule has 8 nitrogen and oxygen atoms in total. The predicted octanol–water partition coefficient (Wildman–Crippen LogP) is 1.99. The minimum absolute atomic E-state index is 0. The van der Waals surface area contributed by atoms with Crippen molar-refractivity contribution in [2.24, 2.45) is 0 Å². The lowest BCUT2D eigenvalue weighted by Gasteiger charge is -2.26. The highest BCUT2D eigenvalue weighted by Crippen LogP contribution is 2.21. The minimum Gasteiger partial charge on any atom is -0.351 e. The van der Waals surface area contributed by atoms with E-state index in [0.29, 0.717) is 17.9 Å². The Kier molecular flexibility index (Phi) is 8.98. The zero-order valence-corrected chi connectivity index (χ0v) is 18.5. The molecule has 0 radical (unpaired) electrons. The van der Waals surface area contributed by atoms with Crippen LogP contribution < -0.4 is 10.6 Å². The number of halogens is 2. The van der Waals surface area contributed by atoms with Gasteiger partial charge in [-0.05, 0) is 32.0 Å². The fraction of sp³-hybridized carbons (Fsp3) is 0.400. The first kappa shape index (κ1) is 24.0. The fourth-order valence-corrected chi connectivity index (χ4v) is 3.55. The van der Waals surface area contributed by atoms with Gasteiger partial charge in [-0.15, -0.1) is 29.9 Å². The van der Waals surface area contributed by atoms with Gasteiger partial charge in [0.25, 0.3) is 5.91 Å². The molecule has 2 aromatic heterocycles. The van der Waals surface area contributed by atoms with Crippen LogP contribution in [0.3, 0.4) is 0 Å². The van der Waals surface area contributed by atoms with Crippen molar-refractivity contribution in [2.45, 2.75) is 13.3 Å². The number of rotatable bonds is 6. The van der Waals surface area contributed by atoms with Gasteiger partial charge in [0.2, 0.25) is 0 Å². The number of carbonyl (C=O) groups is 1. The Labute approximate surface area is 188 Å². The lowest BCUT2D eigenvalue weighted by Crippen LogP contribution is -2.44. The number of amides is 1. The van der Waals surface area contributed by atoms with Crippen LogP contribution in [0.1, 0.15) is 22.6 Å². The number of hydrogen-bond donors (Lipinski definition) is 2. The quantitative estimate of drug-likeness (QED) is 0.557. The van der Waals surface area contributed by atoms with Gasteiger partial charge in [-0.1, -0.05) is 23.4 Å². The Morgan fingerprint density at radius 3 is 2.73 bits per heavy atom. The van der Waals surface area contributed by atoms with Crippen molar-refractivity contribution in [3.8, 4) is 5.69 Å². The Morgan fingerprint density at radius 1 is 1.17 bits per heavy atom. The van der Waals surface area contributed by atoms with E-state index in [9.17, 15) is 4.79 Å². The van der Waals surface area contributed by atoms with E-state index in [1.54, 1.807) is 10.9 Å². The third-order valence-electron chi connectivity index (χ3n) is 5.10. The maximum absolute atomic E-state index is 12.6. The zero-order chi connectivity index (χ0) is 19.3. The second-order valence-electron chi connectivity index (χ2n) is 6.99. The molecule has 0 saturated carbocycles. The number of nitrogens with zero attached hydrogens (tertiary/aromatic N) is 5. The van der Waals surface area contributed by atoms with Crippen molar-refractivity contribution in [1.29, 1.82) is 0 Å². The number of fused-ring (bicyclic) bond motifs is 1. The lowest BCUT2D eigenvalue weighted by molar-refractivity contribution is 0.0945. The van der Waals surface area contributed by atoms with Gasteiger partial charge in [0.05, 0.1) is 16.9 Å². The fourth-order valence-electron chi connectivity index (χ4n) is 3.55. The number of aromatic nitrogens is 4. The normalized spacial score (nSPS) is 14.0. The summed E-state index contributed by atoms with van der Waals surface area (Å²) in [5.74, 6) is -0.183. The van der Waals surface area contributed by atoms with Gasteiger partial charge in [0, 0.05) is 44.3 Å². The van der Waals surface area contributed by atoms with E-state index < -0.39 is 0 Å². The number of para-hydroxylation sites is 1. The molecular formula is C20H27Cl2N7O. The van der Waals surface area contributed by atoms with E-state index in [-0.39, 0.29) is 30.7 Å². The van der Waals surface area contributed by atoms with E-state index >= 15 is 0 Å². The molecule has 1 fully saturated rings. The molecule has 1 aromatic carbocycles.